The van der Waals surface area contributed by atoms with Crippen LogP contribution >= 0.6 is 0 Å². The molecule has 0 spiro atoms. The van der Waals surface area contributed by atoms with Crippen LogP contribution in [0.3, 0.4) is 0 Å². The zero-order valence-corrected chi connectivity index (χ0v) is 11.3. The van der Waals surface area contributed by atoms with Crippen LogP contribution in [0.2, 0.25) is 0 Å². The molecule has 112 valence electrons. The molecule has 0 saturated carbocycles. The normalized spacial score (nSPS) is 11.5. The zero-order valence-electron chi connectivity index (χ0n) is 11.3. The van der Waals surface area contributed by atoms with Gasteiger partial charge in [-0.1, -0.05) is 12.1 Å². The molecule has 6 heteroatoms. The Balaban J connectivity index is 2.61. The van der Waals surface area contributed by atoms with Crippen molar-refractivity contribution < 1.29 is 17.6 Å². The molecule has 0 aliphatic rings. The maximum absolute atomic E-state index is 13.9. The van der Waals surface area contributed by atoms with E-state index in [1.54, 1.807) is 13.0 Å². The van der Waals surface area contributed by atoms with Crippen LogP contribution in [0.1, 0.15) is 12.5 Å². The second-order valence-corrected chi connectivity index (χ2v) is 4.47. The standard InChI is InChI=1S/C15H14F4N2/c1-2-21(14-6-4-3-5-12(14)16)13-8-7-10(20)9-11(13)15(17,18)19/h3-9H,2,20H2,1H3. The Kier molecular flexibility index (Phi) is 4.06. The molecule has 0 radical (unpaired) electrons. The highest BCUT2D eigenvalue weighted by atomic mass is 19.4. The number of alkyl halides is 3. The summed E-state index contributed by atoms with van der Waals surface area (Å²) in [5.74, 6) is -0.579. The molecular weight excluding hydrogens is 284 g/mol. The van der Waals surface area contributed by atoms with E-state index >= 15 is 0 Å². The van der Waals surface area contributed by atoms with Crippen molar-refractivity contribution in [2.75, 3.05) is 17.2 Å². The van der Waals surface area contributed by atoms with E-state index in [1.165, 1.54) is 35.2 Å². The summed E-state index contributed by atoms with van der Waals surface area (Å²) in [5, 5.41) is 0. The molecular formula is C15H14F4N2. The van der Waals surface area contributed by atoms with Crippen molar-refractivity contribution in [1.29, 1.82) is 0 Å². The average Bonchev–Trinajstić information content (AvgIpc) is 2.42. The number of nitrogens with two attached hydrogens (primary N) is 1. The SMILES string of the molecule is CCN(c1ccccc1F)c1ccc(N)cc1C(F)(F)F. The highest BCUT2D eigenvalue weighted by Gasteiger charge is 2.35. The van der Waals surface area contributed by atoms with Gasteiger partial charge in [0.15, 0.2) is 0 Å². The number of nitrogen functional groups attached to an aromatic ring is 1. The number of hydrogen-bond donors (Lipinski definition) is 1. The van der Waals surface area contributed by atoms with Crippen LogP contribution in [0.25, 0.3) is 0 Å². The van der Waals surface area contributed by atoms with Gasteiger partial charge in [-0.25, -0.2) is 4.39 Å². The maximum atomic E-state index is 13.9. The summed E-state index contributed by atoms with van der Waals surface area (Å²) < 4.78 is 53.4. The van der Waals surface area contributed by atoms with Gasteiger partial charge in [0.25, 0.3) is 0 Å². The molecule has 0 aliphatic carbocycles. The lowest BCUT2D eigenvalue weighted by molar-refractivity contribution is -0.137. The Morgan fingerprint density at radius 2 is 1.71 bits per heavy atom. The zero-order chi connectivity index (χ0) is 15.6. The van der Waals surface area contributed by atoms with E-state index in [9.17, 15) is 17.6 Å². The lowest BCUT2D eigenvalue weighted by atomic mass is 10.1. The summed E-state index contributed by atoms with van der Waals surface area (Å²) in [6.45, 7) is 1.84. The van der Waals surface area contributed by atoms with Crippen LogP contribution in [-0.2, 0) is 6.18 Å². The van der Waals surface area contributed by atoms with Gasteiger partial charge in [-0.2, -0.15) is 13.2 Å². The molecule has 2 aromatic carbocycles. The van der Waals surface area contributed by atoms with Gasteiger partial charge in [-0.3, -0.25) is 0 Å². The van der Waals surface area contributed by atoms with Crippen molar-refractivity contribution in [2.45, 2.75) is 13.1 Å². The first kappa shape index (κ1) is 15.2. The minimum atomic E-state index is -4.57. The van der Waals surface area contributed by atoms with Gasteiger partial charge in [-0.05, 0) is 37.3 Å². The molecule has 0 atom stereocenters. The molecule has 0 amide bonds. The van der Waals surface area contributed by atoms with Gasteiger partial charge in [0.05, 0.1) is 16.9 Å². The highest BCUT2D eigenvalue weighted by Crippen LogP contribution is 2.40. The van der Waals surface area contributed by atoms with Gasteiger partial charge >= 0.3 is 6.18 Å². The first-order chi connectivity index (χ1) is 9.84. The fourth-order valence-corrected chi connectivity index (χ4v) is 2.16. The summed E-state index contributed by atoms with van der Waals surface area (Å²) in [4.78, 5) is 1.28. The summed E-state index contributed by atoms with van der Waals surface area (Å²) in [6.07, 6.45) is -4.57. The molecule has 2 aromatic rings. The van der Waals surface area contributed by atoms with Crippen molar-refractivity contribution in [2.24, 2.45) is 0 Å². The van der Waals surface area contributed by atoms with Crippen molar-refractivity contribution in [3.63, 3.8) is 0 Å². The smallest absolute Gasteiger partial charge is 0.399 e. The van der Waals surface area contributed by atoms with Crippen LogP contribution in [-0.4, -0.2) is 6.54 Å². The van der Waals surface area contributed by atoms with Crippen molar-refractivity contribution in [3.05, 3.63) is 53.8 Å². The van der Waals surface area contributed by atoms with Crippen LogP contribution < -0.4 is 10.6 Å². The number of hydrogen-bond acceptors (Lipinski definition) is 2. The number of halogens is 4. The van der Waals surface area contributed by atoms with Gasteiger partial charge < -0.3 is 10.6 Å². The molecule has 0 fully saturated rings. The number of anilines is 3. The van der Waals surface area contributed by atoms with Gasteiger partial charge in [-0.15, -0.1) is 0 Å². The molecule has 0 bridgehead atoms. The van der Waals surface area contributed by atoms with Gasteiger partial charge in [0.2, 0.25) is 0 Å². The Bertz CT molecular complexity index is 638. The fraction of sp³-hybridized carbons (Fsp3) is 0.200. The minimum absolute atomic E-state index is 0.00987. The predicted molar refractivity (Wildman–Crippen MR) is 74.9 cm³/mol. The molecule has 2 N–H and O–H groups in total. The molecule has 2 rings (SSSR count). The lowest BCUT2D eigenvalue weighted by Crippen LogP contribution is -2.21. The topological polar surface area (TPSA) is 29.3 Å². The first-order valence-corrected chi connectivity index (χ1v) is 6.33. The fourth-order valence-electron chi connectivity index (χ4n) is 2.16. The van der Waals surface area contributed by atoms with E-state index in [2.05, 4.69) is 0 Å². The van der Waals surface area contributed by atoms with E-state index in [4.69, 9.17) is 5.73 Å². The van der Waals surface area contributed by atoms with Crippen molar-refractivity contribution >= 4 is 17.1 Å². The van der Waals surface area contributed by atoms with Crippen molar-refractivity contribution in [3.8, 4) is 0 Å². The number of para-hydroxylation sites is 1. The van der Waals surface area contributed by atoms with Crippen molar-refractivity contribution in [1.82, 2.24) is 0 Å². The van der Waals surface area contributed by atoms with E-state index in [0.29, 0.717) is 0 Å². The summed E-state index contributed by atoms with van der Waals surface area (Å²) >= 11 is 0. The third-order valence-electron chi connectivity index (χ3n) is 3.08. The summed E-state index contributed by atoms with van der Waals surface area (Å²) in [7, 11) is 0. The molecule has 21 heavy (non-hydrogen) atoms. The number of benzene rings is 2. The van der Waals surface area contributed by atoms with Gasteiger partial charge in [0, 0.05) is 12.2 Å². The number of rotatable bonds is 3. The average molecular weight is 298 g/mol. The summed E-state index contributed by atoms with van der Waals surface area (Å²) in [6, 6.07) is 9.20. The Morgan fingerprint density at radius 1 is 1.05 bits per heavy atom. The molecule has 0 unspecified atom stereocenters. The van der Waals surface area contributed by atoms with Crippen LogP contribution in [0.15, 0.2) is 42.5 Å². The van der Waals surface area contributed by atoms with Crippen LogP contribution in [0.4, 0.5) is 34.6 Å². The predicted octanol–water partition coefficient (Wildman–Crippen LogP) is 4.58. The Hall–Kier alpha value is -2.24. The first-order valence-electron chi connectivity index (χ1n) is 6.33. The number of nitrogens with zero attached hydrogens (tertiary/aromatic N) is 1. The van der Waals surface area contributed by atoms with E-state index in [-0.39, 0.29) is 23.6 Å². The van der Waals surface area contributed by atoms with Gasteiger partial charge in [0.1, 0.15) is 5.82 Å². The van der Waals surface area contributed by atoms with E-state index in [0.717, 1.165) is 6.07 Å². The maximum Gasteiger partial charge on any atom is 0.418 e. The lowest BCUT2D eigenvalue weighted by Gasteiger charge is -2.27. The summed E-state index contributed by atoms with van der Waals surface area (Å²) in [5.41, 5.74) is 4.54. The molecule has 2 nitrogen and oxygen atoms in total. The molecule has 0 heterocycles. The monoisotopic (exact) mass is 298 g/mol. The Morgan fingerprint density at radius 3 is 2.29 bits per heavy atom. The second-order valence-electron chi connectivity index (χ2n) is 4.47. The largest absolute Gasteiger partial charge is 0.418 e. The van der Waals surface area contributed by atoms with Crippen LogP contribution in [0, 0.1) is 5.82 Å². The van der Waals surface area contributed by atoms with E-state index < -0.39 is 17.6 Å². The molecule has 0 aliphatic heterocycles. The third kappa shape index (κ3) is 3.09. The third-order valence-corrected chi connectivity index (χ3v) is 3.08. The quantitative estimate of drug-likeness (QED) is 0.663. The minimum Gasteiger partial charge on any atom is -0.399 e. The van der Waals surface area contributed by atoms with Crippen LogP contribution in [0.5, 0.6) is 0 Å². The molecule has 0 saturated heterocycles. The van der Waals surface area contributed by atoms with E-state index in [1.807, 2.05) is 0 Å². The highest BCUT2D eigenvalue weighted by molar-refractivity contribution is 5.69. The Labute approximate surface area is 119 Å². The second kappa shape index (κ2) is 5.63. The molecule has 0 aromatic heterocycles.